The van der Waals surface area contributed by atoms with Gasteiger partial charge in [0.1, 0.15) is 12.7 Å². The summed E-state index contributed by atoms with van der Waals surface area (Å²) in [4.78, 5) is 22.6. The molecule has 0 bridgehead atoms. The van der Waals surface area contributed by atoms with Gasteiger partial charge in [0, 0.05) is 6.42 Å². The van der Waals surface area contributed by atoms with Crippen molar-refractivity contribution in [2.24, 2.45) is 0 Å². The largest absolute Gasteiger partial charge is 0.505 e. The van der Waals surface area contributed by atoms with E-state index in [1.54, 1.807) is 0 Å². The van der Waals surface area contributed by atoms with Crippen LogP contribution < -0.4 is 0 Å². The standard InChI is InChI=1S/C18H30O7/c1-2-3-4-5-6-7-8-9-10-11-14(20)24-12-13(19)17-15(21)16(22)18(23)25-17/h13,17,19,21-22H,2-12H2,1H3. The molecule has 144 valence electrons. The molecule has 1 aliphatic heterocycles. The van der Waals surface area contributed by atoms with Crippen molar-refractivity contribution in [3.63, 3.8) is 0 Å². The van der Waals surface area contributed by atoms with E-state index in [0.29, 0.717) is 0 Å². The number of hydrogen-bond donors (Lipinski definition) is 3. The molecule has 3 N–H and O–H groups in total. The van der Waals surface area contributed by atoms with Crippen LogP contribution in [0.5, 0.6) is 0 Å². The fourth-order valence-electron chi connectivity index (χ4n) is 2.64. The summed E-state index contributed by atoms with van der Waals surface area (Å²) in [5.74, 6) is -3.22. The number of carbonyl (C=O) groups excluding carboxylic acids is 2. The molecule has 1 rings (SSSR count). The van der Waals surface area contributed by atoms with Gasteiger partial charge in [0.25, 0.3) is 0 Å². The van der Waals surface area contributed by atoms with Gasteiger partial charge in [-0.2, -0.15) is 0 Å². The van der Waals surface area contributed by atoms with E-state index < -0.39 is 42.3 Å². The molecule has 0 saturated carbocycles. The van der Waals surface area contributed by atoms with Crippen LogP contribution in [0.4, 0.5) is 0 Å². The smallest absolute Gasteiger partial charge is 0.377 e. The molecule has 0 amide bonds. The first-order valence-corrected chi connectivity index (χ1v) is 9.14. The number of carbonyl (C=O) groups is 2. The second-order valence-electron chi connectivity index (χ2n) is 6.39. The number of esters is 2. The average Bonchev–Trinajstić information content (AvgIpc) is 2.85. The van der Waals surface area contributed by atoms with Gasteiger partial charge in [-0.25, -0.2) is 4.79 Å². The summed E-state index contributed by atoms with van der Waals surface area (Å²) < 4.78 is 9.50. The Bertz CT molecular complexity index is 458. The van der Waals surface area contributed by atoms with Crippen LogP contribution in [-0.2, 0) is 19.1 Å². The number of hydrogen-bond acceptors (Lipinski definition) is 7. The molecule has 1 aliphatic rings. The van der Waals surface area contributed by atoms with E-state index in [9.17, 15) is 19.8 Å². The number of rotatable bonds is 13. The lowest BCUT2D eigenvalue weighted by Gasteiger charge is -2.17. The van der Waals surface area contributed by atoms with Crippen molar-refractivity contribution in [2.45, 2.75) is 83.3 Å². The van der Waals surface area contributed by atoms with E-state index >= 15 is 0 Å². The lowest BCUT2D eigenvalue weighted by atomic mass is 10.1. The highest BCUT2D eigenvalue weighted by atomic mass is 16.6. The van der Waals surface area contributed by atoms with Gasteiger partial charge in [-0.05, 0) is 6.42 Å². The Hall–Kier alpha value is -1.76. The predicted octanol–water partition coefficient (Wildman–Crippen LogP) is 3.06. The summed E-state index contributed by atoms with van der Waals surface area (Å²) >= 11 is 0. The van der Waals surface area contributed by atoms with Crippen molar-refractivity contribution >= 4 is 11.9 Å². The molecule has 0 radical (unpaired) electrons. The summed E-state index contributed by atoms with van der Waals surface area (Å²) in [6, 6.07) is 0. The van der Waals surface area contributed by atoms with Crippen LogP contribution in [0.15, 0.2) is 11.5 Å². The van der Waals surface area contributed by atoms with Crippen molar-refractivity contribution in [1.82, 2.24) is 0 Å². The minimum Gasteiger partial charge on any atom is -0.505 e. The highest BCUT2D eigenvalue weighted by Crippen LogP contribution is 2.21. The van der Waals surface area contributed by atoms with Crippen LogP contribution in [0.2, 0.25) is 0 Å². The summed E-state index contributed by atoms with van der Waals surface area (Å²) in [5.41, 5.74) is 0. The van der Waals surface area contributed by atoms with Gasteiger partial charge in [0.15, 0.2) is 11.9 Å². The third kappa shape index (κ3) is 7.77. The molecular formula is C18H30O7. The van der Waals surface area contributed by atoms with Gasteiger partial charge in [0.05, 0.1) is 0 Å². The fourth-order valence-corrected chi connectivity index (χ4v) is 2.64. The lowest BCUT2D eigenvalue weighted by molar-refractivity contribution is -0.154. The van der Waals surface area contributed by atoms with Crippen LogP contribution in [0.3, 0.4) is 0 Å². The number of ether oxygens (including phenoxy) is 2. The maximum absolute atomic E-state index is 11.6. The molecular weight excluding hydrogens is 328 g/mol. The molecule has 0 saturated heterocycles. The van der Waals surface area contributed by atoms with E-state index in [1.165, 1.54) is 38.5 Å². The monoisotopic (exact) mass is 358 g/mol. The van der Waals surface area contributed by atoms with Crippen molar-refractivity contribution < 1.29 is 34.4 Å². The zero-order chi connectivity index (χ0) is 18.7. The van der Waals surface area contributed by atoms with Crippen molar-refractivity contribution in [1.29, 1.82) is 0 Å². The highest BCUT2D eigenvalue weighted by Gasteiger charge is 2.39. The van der Waals surface area contributed by atoms with Crippen LogP contribution in [0, 0.1) is 0 Å². The zero-order valence-corrected chi connectivity index (χ0v) is 14.9. The van der Waals surface area contributed by atoms with E-state index in [4.69, 9.17) is 9.84 Å². The van der Waals surface area contributed by atoms with E-state index in [1.807, 2.05) is 0 Å². The second kappa shape index (κ2) is 11.7. The highest BCUT2D eigenvalue weighted by molar-refractivity contribution is 5.89. The molecule has 0 aromatic heterocycles. The van der Waals surface area contributed by atoms with Gasteiger partial charge < -0.3 is 24.8 Å². The number of aliphatic hydroxyl groups excluding tert-OH is 3. The van der Waals surface area contributed by atoms with Crippen LogP contribution >= 0.6 is 0 Å². The fraction of sp³-hybridized carbons (Fsp3) is 0.778. The normalized spacial score (nSPS) is 18.3. The van der Waals surface area contributed by atoms with Crippen molar-refractivity contribution in [3.05, 3.63) is 11.5 Å². The maximum atomic E-state index is 11.6. The van der Waals surface area contributed by atoms with Gasteiger partial charge in [-0.1, -0.05) is 58.3 Å². The predicted molar refractivity (Wildman–Crippen MR) is 91.0 cm³/mol. The summed E-state index contributed by atoms with van der Waals surface area (Å²) in [6.07, 6.45) is 7.77. The first-order chi connectivity index (χ1) is 12.0. The second-order valence-corrected chi connectivity index (χ2v) is 6.39. The van der Waals surface area contributed by atoms with Crippen molar-refractivity contribution in [2.75, 3.05) is 6.61 Å². The molecule has 25 heavy (non-hydrogen) atoms. The van der Waals surface area contributed by atoms with Gasteiger partial charge >= 0.3 is 11.9 Å². The molecule has 2 unspecified atom stereocenters. The molecule has 7 nitrogen and oxygen atoms in total. The Morgan fingerprint density at radius 3 is 2.16 bits per heavy atom. The SMILES string of the molecule is CCCCCCCCCCCC(=O)OCC(O)C1OC(=O)C(O)=C1O. The number of cyclic esters (lactones) is 1. The summed E-state index contributed by atoms with van der Waals surface area (Å²) in [6.45, 7) is 1.78. The zero-order valence-electron chi connectivity index (χ0n) is 14.9. The van der Waals surface area contributed by atoms with Crippen LogP contribution in [0.25, 0.3) is 0 Å². The minimum absolute atomic E-state index is 0.264. The number of aliphatic hydroxyl groups is 3. The molecule has 0 fully saturated rings. The van der Waals surface area contributed by atoms with Gasteiger partial charge in [0.2, 0.25) is 5.76 Å². The molecule has 2 atom stereocenters. The van der Waals surface area contributed by atoms with E-state index in [0.717, 1.165) is 19.3 Å². The third-order valence-electron chi connectivity index (χ3n) is 4.19. The summed E-state index contributed by atoms with van der Waals surface area (Å²) in [7, 11) is 0. The van der Waals surface area contributed by atoms with E-state index in [-0.39, 0.29) is 6.42 Å². The molecule has 1 heterocycles. The van der Waals surface area contributed by atoms with Crippen LogP contribution in [0.1, 0.15) is 71.1 Å². The molecule has 0 aliphatic carbocycles. The average molecular weight is 358 g/mol. The van der Waals surface area contributed by atoms with Crippen LogP contribution in [-0.4, -0.2) is 46.1 Å². The Labute approximate surface area is 148 Å². The van der Waals surface area contributed by atoms with E-state index in [2.05, 4.69) is 11.7 Å². The van der Waals surface area contributed by atoms with Gasteiger partial charge in [-0.3, -0.25) is 4.79 Å². The summed E-state index contributed by atoms with van der Waals surface area (Å²) in [5, 5.41) is 28.4. The first kappa shape index (κ1) is 21.3. The molecule has 7 heteroatoms. The number of unbranched alkanes of at least 4 members (excludes halogenated alkanes) is 8. The lowest BCUT2D eigenvalue weighted by Crippen LogP contribution is -2.33. The molecule has 0 aromatic rings. The minimum atomic E-state index is -1.42. The third-order valence-corrected chi connectivity index (χ3v) is 4.19. The quantitative estimate of drug-likeness (QED) is 0.342. The Morgan fingerprint density at radius 1 is 1.08 bits per heavy atom. The first-order valence-electron chi connectivity index (χ1n) is 9.14. The Morgan fingerprint density at radius 2 is 1.64 bits per heavy atom. The van der Waals surface area contributed by atoms with Gasteiger partial charge in [-0.15, -0.1) is 0 Å². The maximum Gasteiger partial charge on any atom is 0.377 e. The Balaban J connectivity index is 2.05. The molecule has 0 spiro atoms. The Kier molecular flexibility index (Phi) is 9.99. The topological polar surface area (TPSA) is 113 Å². The molecule has 0 aromatic carbocycles. The van der Waals surface area contributed by atoms with Crippen molar-refractivity contribution in [3.8, 4) is 0 Å².